The maximum absolute atomic E-state index is 11.9. The van der Waals surface area contributed by atoms with Crippen LogP contribution >= 0.6 is 0 Å². The summed E-state index contributed by atoms with van der Waals surface area (Å²) in [7, 11) is 0. The summed E-state index contributed by atoms with van der Waals surface area (Å²) < 4.78 is 11.3. The molecule has 1 N–H and O–H groups in total. The molecule has 2 aromatic carbocycles. The van der Waals surface area contributed by atoms with Crippen molar-refractivity contribution in [1.29, 1.82) is 0 Å². The summed E-state index contributed by atoms with van der Waals surface area (Å²) in [4.78, 5) is 11.9. The van der Waals surface area contributed by atoms with E-state index in [1.807, 2.05) is 48.5 Å². The molecular formula is C27H38N2O3. The van der Waals surface area contributed by atoms with E-state index in [0.717, 1.165) is 24.3 Å². The van der Waals surface area contributed by atoms with Crippen LogP contribution in [-0.2, 0) is 10.2 Å². The Hall–Kier alpha value is -2.82. The molecule has 1 amide bonds. The average Bonchev–Trinajstić information content (AvgIpc) is 2.78. The van der Waals surface area contributed by atoms with Gasteiger partial charge in [-0.25, -0.2) is 5.43 Å². The van der Waals surface area contributed by atoms with Gasteiger partial charge < -0.3 is 9.47 Å². The first-order chi connectivity index (χ1) is 15.4. The van der Waals surface area contributed by atoms with E-state index in [2.05, 4.69) is 38.2 Å². The van der Waals surface area contributed by atoms with E-state index >= 15 is 0 Å². The number of nitrogens with one attached hydrogen (secondary N) is 1. The van der Waals surface area contributed by atoms with Gasteiger partial charge in [0.15, 0.2) is 6.61 Å². The summed E-state index contributed by atoms with van der Waals surface area (Å²) in [5.74, 6) is 1.21. The number of hydrogen-bond acceptors (Lipinski definition) is 4. The number of unbranched alkanes of at least 4 members (excludes halogenated alkanes) is 5. The van der Waals surface area contributed by atoms with Gasteiger partial charge in [0.25, 0.3) is 5.91 Å². The fraction of sp³-hybridized carbons (Fsp3) is 0.481. The summed E-state index contributed by atoms with van der Waals surface area (Å²) in [6, 6.07) is 15.5. The van der Waals surface area contributed by atoms with Gasteiger partial charge in [-0.2, -0.15) is 5.10 Å². The highest BCUT2D eigenvalue weighted by Gasteiger charge is 2.13. The molecule has 0 unspecified atom stereocenters. The van der Waals surface area contributed by atoms with Gasteiger partial charge in [0.2, 0.25) is 0 Å². The van der Waals surface area contributed by atoms with Crippen molar-refractivity contribution < 1.29 is 14.3 Å². The maximum Gasteiger partial charge on any atom is 0.277 e. The Bertz CT molecular complexity index is 821. The smallest absolute Gasteiger partial charge is 0.277 e. The number of carbonyl (C=O) groups excluding carboxylic acids is 1. The van der Waals surface area contributed by atoms with Crippen molar-refractivity contribution in [3.05, 3.63) is 59.7 Å². The highest BCUT2D eigenvalue weighted by Crippen LogP contribution is 2.24. The number of benzene rings is 2. The number of carbonyl (C=O) groups is 1. The quantitative estimate of drug-likeness (QED) is 0.228. The molecule has 0 atom stereocenters. The molecule has 5 nitrogen and oxygen atoms in total. The molecule has 0 fully saturated rings. The summed E-state index contributed by atoms with van der Waals surface area (Å²) >= 11 is 0. The Morgan fingerprint density at radius 3 is 2.12 bits per heavy atom. The van der Waals surface area contributed by atoms with Crippen molar-refractivity contribution in [3.63, 3.8) is 0 Å². The molecule has 2 aromatic rings. The van der Waals surface area contributed by atoms with Crippen molar-refractivity contribution >= 4 is 12.1 Å². The molecule has 0 radical (unpaired) electrons. The minimum atomic E-state index is -0.306. The number of ether oxygens (including phenoxy) is 2. The molecule has 0 aromatic heterocycles. The van der Waals surface area contributed by atoms with E-state index in [-0.39, 0.29) is 17.9 Å². The Kier molecular flexibility index (Phi) is 10.8. The second-order valence-electron chi connectivity index (χ2n) is 9.04. The van der Waals surface area contributed by atoms with Crippen LogP contribution < -0.4 is 14.9 Å². The molecular weight excluding hydrogens is 400 g/mol. The van der Waals surface area contributed by atoms with E-state index in [4.69, 9.17) is 9.47 Å². The first kappa shape index (κ1) is 25.4. The van der Waals surface area contributed by atoms with Crippen molar-refractivity contribution in [3.8, 4) is 11.5 Å². The molecule has 5 heteroatoms. The maximum atomic E-state index is 11.9. The molecule has 0 aliphatic heterocycles. The fourth-order valence-corrected chi connectivity index (χ4v) is 3.13. The third-order valence-corrected chi connectivity index (χ3v) is 5.14. The van der Waals surface area contributed by atoms with Gasteiger partial charge in [0, 0.05) is 0 Å². The average molecular weight is 439 g/mol. The zero-order valence-electron chi connectivity index (χ0n) is 20.0. The highest BCUT2D eigenvalue weighted by molar-refractivity contribution is 5.83. The Morgan fingerprint density at radius 1 is 0.875 bits per heavy atom. The number of nitrogens with zero attached hydrogens (tertiary/aromatic N) is 1. The summed E-state index contributed by atoms with van der Waals surface area (Å²) in [6.45, 7) is 9.36. The van der Waals surface area contributed by atoms with Crippen LogP contribution in [0.4, 0.5) is 0 Å². The van der Waals surface area contributed by atoms with Crippen molar-refractivity contribution in [2.75, 3.05) is 13.2 Å². The van der Waals surface area contributed by atoms with E-state index in [1.165, 1.54) is 37.7 Å². The van der Waals surface area contributed by atoms with Crippen LogP contribution in [0, 0.1) is 0 Å². The fourth-order valence-electron chi connectivity index (χ4n) is 3.13. The lowest BCUT2D eigenvalue weighted by Crippen LogP contribution is -2.24. The van der Waals surface area contributed by atoms with Gasteiger partial charge in [0.05, 0.1) is 12.8 Å². The Morgan fingerprint density at radius 2 is 1.47 bits per heavy atom. The van der Waals surface area contributed by atoms with E-state index < -0.39 is 0 Å². The monoisotopic (exact) mass is 438 g/mol. The molecule has 0 spiro atoms. The molecule has 0 heterocycles. The van der Waals surface area contributed by atoms with Crippen LogP contribution in [0.25, 0.3) is 0 Å². The molecule has 174 valence electrons. The van der Waals surface area contributed by atoms with Crippen LogP contribution in [0.15, 0.2) is 53.6 Å². The van der Waals surface area contributed by atoms with Gasteiger partial charge in [-0.15, -0.1) is 0 Å². The molecule has 0 aliphatic carbocycles. The summed E-state index contributed by atoms with van der Waals surface area (Å²) in [6.07, 6.45) is 9.11. The van der Waals surface area contributed by atoms with Crippen molar-refractivity contribution in [2.45, 2.75) is 71.6 Å². The number of amides is 1. The second-order valence-corrected chi connectivity index (χ2v) is 9.04. The molecule has 2 rings (SSSR count). The topological polar surface area (TPSA) is 59.9 Å². The predicted molar refractivity (Wildman–Crippen MR) is 132 cm³/mol. The molecule has 0 saturated heterocycles. The van der Waals surface area contributed by atoms with E-state index in [0.29, 0.717) is 5.75 Å². The zero-order valence-corrected chi connectivity index (χ0v) is 20.0. The molecule has 32 heavy (non-hydrogen) atoms. The third-order valence-electron chi connectivity index (χ3n) is 5.14. The lowest BCUT2D eigenvalue weighted by atomic mass is 9.87. The van der Waals surface area contributed by atoms with Crippen molar-refractivity contribution in [1.82, 2.24) is 5.43 Å². The molecule has 0 saturated carbocycles. The number of hydrogen-bond donors (Lipinski definition) is 1. The summed E-state index contributed by atoms with van der Waals surface area (Å²) in [5.41, 5.74) is 4.68. The number of hydrazone groups is 1. The Balaban J connectivity index is 1.65. The van der Waals surface area contributed by atoms with Crippen LogP contribution in [0.3, 0.4) is 0 Å². The van der Waals surface area contributed by atoms with Gasteiger partial charge >= 0.3 is 0 Å². The normalized spacial score (nSPS) is 11.5. The van der Waals surface area contributed by atoms with Crippen LogP contribution in [0.5, 0.6) is 11.5 Å². The van der Waals surface area contributed by atoms with Gasteiger partial charge in [-0.05, 0) is 59.4 Å². The zero-order chi connectivity index (χ0) is 23.2. The van der Waals surface area contributed by atoms with E-state index in [1.54, 1.807) is 6.21 Å². The van der Waals surface area contributed by atoms with Gasteiger partial charge in [-0.3, -0.25) is 4.79 Å². The Labute approximate surface area is 193 Å². The first-order valence-corrected chi connectivity index (χ1v) is 11.7. The second kappa shape index (κ2) is 13.6. The largest absolute Gasteiger partial charge is 0.494 e. The predicted octanol–water partition coefficient (Wildman–Crippen LogP) is 6.25. The van der Waals surface area contributed by atoms with Crippen LogP contribution in [0.1, 0.15) is 77.3 Å². The minimum Gasteiger partial charge on any atom is -0.494 e. The van der Waals surface area contributed by atoms with Gasteiger partial charge in [-0.1, -0.05) is 71.9 Å². The SMILES string of the molecule is CCCCCCCCOc1ccc(/C=N\NC(=O)COc2ccc(C(C)(C)C)cc2)cc1. The first-order valence-electron chi connectivity index (χ1n) is 11.7. The minimum absolute atomic E-state index is 0.0859. The lowest BCUT2D eigenvalue weighted by molar-refractivity contribution is -0.123. The molecule has 0 bridgehead atoms. The van der Waals surface area contributed by atoms with Crippen LogP contribution in [-0.4, -0.2) is 25.3 Å². The van der Waals surface area contributed by atoms with E-state index in [9.17, 15) is 4.79 Å². The number of rotatable bonds is 13. The highest BCUT2D eigenvalue weighted by atomic mass is 16.5. The standard InChI is InChI=1S/C27H38N2O3/c1-5-6-7-8-9-10-19-31-24-15-11-22(12-16-24)20-28-29-26(30)21-32-25-17-13-23(14-18-25)27(2,3)4/h11-18,20H,5-10,19,21H2,1-4H3,(H,29,30)/b28-20-. The third kappa shape index (κ3) is 9.99. The van der Waals surface area contributed by atoms with Gasteiger partial charge in [0.1, 0.15) is 11.5 Å². The lowest BCUT2D eigenvalue weighted by Gasteiger charge is -2.19. The van der Waals surface area contributed by atoms with Crippen LogP contribution in [0.2, 0.25) is 0 Å². The summed E-state index contributed by atoms with van der Waals surface area (Å²) in [5, 5.41) is 4.00. The van der Waals surface area contributed by atoms with Crippen molar-refractivity contribution in [2.24, 2.45) is 5.10 Å². The molecule has 0 aliphatic rings.